The molecule has 0 radical (unpaired) electrons. The Kier molecular flexibility index (Phi) is 5.72. The van der Waals surface area contributed by atoms with Crippen LogP contribution in [0, 0.1) is 5.92 Å². The smallest absolute Gasteiger partial charge is 0.270 e. The Labute approximate surface area is 135 Å². The fraction of sp³-hybridized carbons (Fsp3) is 0.312. The summed E-state index contributed by atoms with van der Waals surface area (Å²) in [5.41, 5.74) is 1.15. The van der Waals surface area contributed by atoms with Gasteiger partial charge in [-0.05, 0) is 42.7 Å². The highest BCUT2D eigenvalue weighted by atomic mass is 35.5. The molecule has 0 saturated heterocycles. The van der Waals surface area contributed by atoms with Gasteiger partial charge in [-0.3, -0.25) is 4.79 Å². The van der Waals surface area contributed by atoms with Crippen LogP contribution in [0.4, 0.5) is 11.6 Å². The molecule has 0 unspecified atom stereocenters. The van der Waals surface area contributed by atoms with Crippen molar-refractivity contribution < 1.29 is 4.79 Å². The Morgan fingerprint density at radius 2 is 1.95 bits per heavy atom. The lowest BCUT2D eigenvalue weighted by atomic mass is 10.1. The SMILES string of the molecule is CC(C)CCNC(=O)c1ccnc(Nc2ccc(Cl)cc2)n1. The Morgan fingerprint density at radius 1 is 1.23 bits per heavy atom. The van der Waals surface area contributed by atoms with E-state index < -0.39 is 0 Å². The first kappa shape index (κ1) is 16.2. The molecule has 6 heteroatoms. The van der Waals surface area contributed by atoms with Crippen LogP contribution in [0.15, 0.2) is 36.5 Å². The van der Waals surface area contributed by atoms with E-state index >= 15 is 0 Å². The molecule has 2 aromatic rings. The highest BCUT2D eigenvalue weighted by Crippen LogP contribution is 2.16. The molecule has 2 N–H and O–H groups in total. The summed E-state index contributed by atoms with van der Waals surface area (Å²) < 4.78 is 0. The summed E-state index contributed by atoms with van der Waals surface area (Å²) >= 11 is 5.84. The van der Waals surface area contributed by atoms with E-state index in [-0.39, 0.29) is 5.91 Å². The van der Waals surface area contributed by atoms with Gasteiger partial charge in [-0.1, -0.05) is 25.4 Å². The summed E-state index contributed by atoms with van der Waals surface area (Å²) in [7, 11) is 0. The molecule has 1 amide bonds. The van der Waals surface area contributed by atoms with Crippen LogP contribution in [0.5, 0.6) is 0 Å². The topological polar surface area (TPSA) is 66.9 Å². The Bertz CT molecular complexity index is 628. The van der Waals surface area contributed by atoms with E-state index in [0.717, 1.165) is 12.1 Å². The van der Waals surface area contributed by atoms with Crippen LogP contribution >= 0.6 is 11.6 Å². The van der Waals surface area contributed by atoms with Crippen molar-refractivity contribution >= 4 is 29.1 Å². The second-order valence-electron chi connectivity index (χ2n) is 5.34. The van der Waals surface area contributed by atoms with E-state index in [9.17, 15) is 4.79 Å². The van der Waals surface area contributed by atoms with E-state index in [0.29, 0.717) is 29.1 Å². The average Bonchev–Trinajstić information content (AvgIpc) is 2.49. The first-order valence-electron chi connectivity index (χ1n) is 7.18. The zero-order valence-electron chi connectivity index (χ0n) is 12.6. The summed E-state index contributed by atoms with van der Waals surface area (Å²) in [6.07, 6.45) is 2.50. The summed E-state index contributed by atoms with van der Waals surface area (Å²) in [6, 6.07) is 8.78. The lowest BCUT2D eigenvalue weighted by Crippen LogP contribution is -2.26. The van der Waals surface area contributed by atoms with Crippen LogP contribution in [-0.4, -0.2) is 22.4 Å². The van der Waals surface area contributed by atoms with Gasteiger partial charge < -0.3 is 10.6 Å². The van der Waals surface area contributed by atoms with Gasteiger partial charge >= 0.3 is 0 Å². The maximum absolute atomic E-state index is 12.0. The molecule has 1 heterocycles. The molecule has 0 aliphatic heterocycles. The minimum Gasteiger partial charge on any atom is -0.351 e. The van der Waals surface area contributed by atoms with Crippen molar-refractivity contribution in [1.82, 2.24) is 15.3 Å². The number of benzene rings is 1. The van der Waals surface area contributed by atoms with Crippen LogP contribution in [0.2, 0.25) is 5.02 Å². The van der Waals surface area contributed by atoms with Gasteiger partial charge in [-0.15, -0.1) is 0 Å². The number of nitrogens with one attached hydrogen (secondary N) is 2. The van der Waals surface area contributed by atoms with Crippen LogP contribution in [0.25, 0.3) is 0 Å². The summed E-state index contributed by atoms with van der Waals surface area (Å²) in [6.45, 7) is 4.87. The molecule has 0 bridgehead atoms. The minimum atomic E-state index is -0.192. The first-order valence-corrected chi connectivity index (χ1v) is 7.56. The predicted octanol–water partition coefficient (Wildman–Crippen LogP) is 3.65. The molecule has 1 aromatic carbocycles. The second kappa shape index (κ2) is 7.75. The van der Waals surface area contributed by atoms with Gasteiger partial charge in [0.2, 0.25) is 5.95 Å². The lowest BCUT2D eigenvalue weighted by molar-refractivity contribution is 0.0947. The number of carbonyl (C=O) groups excluding carboxylic acids is 1. The van der Waals surface area contributed by atoms with Gasteiger partial charge in [0.25, 0.3) is 5.91 Å². The Morgan fingerprint density at radius 3 is 2.64 bits per heavy atom. The highest BCUT2D eigenvalue weighted by molar-refractivity contribution is 6.30. The molecule has 2 rings (SSSR count). The van der Waals surface area contributed by atoms with Crippen molar-refractivity contribution in [1.29, 1.82) is 0 Å². The summed E-state index contributed by atoms with van der Waals surface area (Å²) in [5.74, 6) is 0.730. The molecule has 0 saturated carbocycles. The van der Waals surface area contributed by atoms with E-state index in [1.165, 1.54) is 0 Å². The number of hydrogen-bond acceptors (Lipinski definition) is 4. The van der Waals surface area contributed by atoms with Crippen LogP contribution in [0.3, 0.4) is 0 Å². The third kappa shape index (κ3) is 5.00. The van der Waals surface area contributed by atoms with Crippen LogP contribution < -0.4 is 10.6 Å². The minimum absolute atomic E-state index is 0.192. The number of rotatable bonds is 6. The molecule has 5 nitrogen and oxygen atoms in total. The van der Waals surface area contributed by atoms with Crippen molar-refractivity contribution in [3.05, 3.63) is 47.2 Å². The van der Waals surface area contributed by atoms with E-state index in [4.69, 9.17) is 11.6 Å². The first-order chi connectivity index (χ1) is 10.5. The van der Waals surface area contributed by atoms with E-state index in [2.05, 4.69) is 34.4 Å². The predicted molar refractivity (Wildman–Crippen MR) is 88.6 cm³/mol. The summed E-state index contributed by atoms with van der Waals surface area (Å²) in [5, 5.41) is 6.55. The lowest BCUT2D eigenvalue weighted by Gasteiger charge is -2.08. The van der Waals surface area contributed by atoms with E-state index in [1.807, 2.05) is 12.1 Å². The molecular formula is C16H19ClN4O. The molecule has 0 aliphatic carbocycles. The van der Waals surface area contributed by atoms with Gasteiger partial charge in [0.05, 0.1) is 0 Å². The standard InChI is InChI=1S/C16H19ClN4O/c1-11(2)7-9-18-15(22)14-8-10-19-16(21-14)20-13-5-3-12(17)4-6-13/h3-6,8,10-11H,7,9H2,1-2H3,(H,18,22)(H,19,20,21). The van der Waals surface area contributed by atoms with Gasteiger partial charge in [0.1, 0.15) is 5.69 Å². The molecule has 0 atom stereocenters. The van der Waals surface area contributed by atoms with Crippen molar-refractivity contribution in [2.45, 2.75) is 20.3 Å². The zero-order chi connectivity index (χ0) is 15.9. The zero-order valence-corrected chi connectivity index (χ0v) is 13.4. The highest BCUT2D eigenvalue weighted by Gasteiger charge is 2.08. The molecule has 0 aliphatic rings. The number of hydrogen-bond donors (Lipinski definition) is 2. The third-order valence-electron chi connectivity index (χ3n) is 3.00. The molecule has 0 fully saturated rings. The van der Waals surface area contributed by atoms with Crippen molar-refractivity contribution in [2.75, 3.05) is 11.9 Å². The van der Waals surface area contributed by atoms with E-state index in [1.54, 1.807) is 24.4 Å². The number of amides is 1. The van der Waals surface area contributed by atoms with Crippen molar-refractivity contribution in [3.8, 4) is 0 Å². The van der Waals surface area contributed by atoms with Gasteiger partial charge in [-0.25, -0.2) is 9.97 Å². The number of nitrogens with zero attached hydrogens (tertiary/aromatic N) is 2. The maximum atomic E-state index is 12.0. The number of aromatic nitrogens is 2. The van der Waals surface area contributed by atoms with Crippen LogP contribution in [0.1, 0.15) is 30.8 Å². The maximum Gasteiger partial charge on any atom is 0.270 e. The van der Waals surface area contributed by atoms with Gasteiger partial charge in [0, 0.05) is 23.5 Å². The summed E-state index contributed by atoms with van der Waals surface area (Å²) in [4.78, 5) is 20.4. The fourth-order valence-electron chi connectivity index (χ4n) is 1.77. The Balaban J connectivity index is 2.00. The van der Waals surface area contributed by atoms with Crippen molar-refractivity contribution in [3.63, 3.8) is 0 Å². The second-order valence-corrected chi connectivity index (χ2v) is 5.77. The van der Waals surface area contributed by atoms with Gasteiger partial charge in [-0.2, -0.15) is 0 Å². The molecule has 0 spiro atoms. The monoisotopic (exact) mass is 318 g/mol. The van der Waals surface area contributed by atoms with Gasteiger partial charge in [0.15, 0.2) is 0 Å². The number of anilines is 2. The number of carbonyl (C=O) groups is 1. The van der Waals surface area contributed by atoms with Crippen LogP contribution in [-0.2, 0) is 0 Å². The number of halogens is 1. The third-order valence-corrected chi connectivity index (χ3v) is 3.25. The normalized spacial score (nSPS) is 10.5. The average molecular weight is 319 g/mol. The Hall–Kier alpha value is -2.14. The largest absolute Gasteiger partial charge is 0.351 e. The molecule has 116 valence electrons. The molecular weight excluding hydrogens is 300 g/mol. The molecule has 22 heavy (non-hydrogen) atoms. The molecule has 1 aromatic heterocycles. The van der Waals surface area contributed by atoms with Crippen molar-refractivity contribution in [2.24, 2.45) is 5.92 Å². The quantitative estimate of drug-likeness (QED) is 0.853. The fourth-order valence-corrected chi connectivity index (χ4v) is 1.90.